The van der Waals surface area contributed by atoms with E-state index in [0.29, 0.717) is 6.42 Å². The molecule has 2 nitrogen and oxygen atoms in total. The number of hydrogen-bond acceptors (Lipinski definition) is 2. The van der Waals surface area contributed by atoms with Crippen molar-refractivity contribution in [1.82, 2.24) is 5.32 Å². The molecule has 0 heterocycles. The van der Waals surface area contributed by atoms with Crippen LogP contribution in [-0.4, -0.2) is 32.0 Å². The molecule has 0 aliphatic rings. The van der Waals surface area contributed by atoms with E-state index in [0.717, 1.165) is 18.7 Å². The molecule has 0 bridgehead atoms. The van der Waals surface area contributed by atoms with Crippen molar-refractivity contribution >= 4 is 25.7 Å². The molecule has 0 radical (unpaired) electrons. The highest BCUT2D eigenvalue weighted by Gasteiger charge is 2.11. The molecule has 4 heteroatoms. The van der Waals surface area contributed by atoms with E-state index < -0.39 is 8.07 Å². The van der Waals surface area contributed by atoms with Crippen molar-refractivity contribution in [2.75, 3.05) is 18.1 Å². The first-order valence-corrected chi connectivity index (χ1v) is 12.7. The van der Waals surface area contributed by atoms with Crippen LogP contribution in [0, 0.1) is 0 Å². The molecule has 0 aliphatic carbocycles. The molecule has 0 atom stereocenters. The molecule has 0 rings (SSSR count). The van der Waals surface area contributed by atoms with Gasteiger partial charge in [-0.05, 0) is 18.2 Å². The molecular weight excluding hydrogens is 270 g/mol. The maximum absolute atomic E-state index is 11.6. The SMILES string of the molecule is CCCCCCCC(=O)NCCSCC[Si](C)(C)C. The maximum Gasteiger partial charge on any atom is 0.220 e. The Kier molecular flexibility index (Phi) is 11.9. The fraction of sp³-hybridized carbons (Fsp3) is 0.933. The van der Waals surface area contributed by atoms with E-state index in [1.807, 2.05) is 11.8 Å². The van der Waals surface area contributed by atoms with Crippen molar-refractivity contribution in [3.63, 3.8) is 0 Å². The quantitative estimate of drug-likeness (QED) is 0.424. The van der Waals surface area contributed by atoms with Crippen LogP contribution in [0.3, 0.4) is 0 Å². The second kappa shape index (κ2) is 11.8. The molecule has 0 aromatic carbocycles. The number of carbonyl (C=O) groups is 1. The van der Waals surface area contributed by atoms with Crippen LogP contribution in [0.25, 0.3) is 0 Å². The van der Waals surface area contributed by atoms with Crippen molar-refractivity contribution < 1.29 is 4.79 Å². The van der Waals surface area contributed by atoms with Crippen molar-refractivity contribution in [3.05, 3.63) is 0 Å². The molecule has 0 unspecified atom stereocenters. The van der Waals surface area contributed by atoms with Crippen LogP contribution in [0.2, 0.25) is 25.7 Å². The Morgan fingerprint density at radius 2 is 1.74 bits per heavy atom. The van der Waals surface area contributed by atoms with Crippen molar-refractivity contribution in [2.24, 2.45) is 0 Å². The molecule has 1 amide bonds. The largest absolute Gasteiger partial charge is 0.355 e. The topological polar surface area (TPSA) is 29.1 Å². The van der Waals surface area contributed by atoms with Gasteiger partial charge in [0.1, 0.15) is 0 Å². The Bertz CT molecular complexity index is 229. The van der Waals surface area contributed by atoms with Crippen molar-refractivity contribution in [1.29, 1.82) is 0 Å². The minimum Gasteiger partial charge on any atom is -0.355 e. The summed E-state index contributed by atoms with van der Waals surface area (Å²) in [5.41, 5.74) is 0. The predicted molar refractivity (Wildman–Crippen MR) is 91.9 cm³/mol. The van der Waals surface area contributed by atoms with Gasteiger partial charge in [0.2, 0.25) is 5.91 Å². The lowest BCUT2D eigenvalue weighted by Gasteiger charge is -2.14. The van der Waals surface area contributed by atoms with Crippen LogP contribution in [0.1, 0.15) is 45.4 Å². The minimum atomic E-state index is -0.876. The third-order valence-corrected chi connectivity index (χ3v) is 6.17. The van der Waals surface area contributed by atoms with Gasteiger partial charge >= 0.3 is 0 Å². The van der Waals surface area contributed by atoms with Gasteiger partial charge in [-0.2, -0.15) is 11.8 Å². The van der Waals surface area contributed by atoms with E-state index in [-0.39, 0.29) is 5.91 Å². The average molecular weight is 304 g/mol. The normalized spacial score (nSPS) is 11.6. The summed E-state index contributed by atoms with van der Waals surface area (Å²) in [7, 11) is -0.876. The fourth-order valence-corrected chi connectivity index (χ4v) is 5.20. The highest BCUT2D eigenvalue weighted by molar-refractivity contribution is 7.99. The van der Waals surface area contributed by atoms with Gasteiger partial charge in [0, 0.05) is 26.8 Å². The zero-order chi connectivity index (χ0) is 14.6. The molecular formula is C15H33NOSSi. The molecule has 0 aromatic rings. The van der Waals surface area contributed by atoms with Gasteiger partial charge in [-0.3, -0.25) is 4.79 Å². The number of hydrogen-bond donors (Lipinski definition) is 1. The molecule has 0 saturated carbocycles. The van der Waals surface area contributed by atoms with Gasteiger partial charge in [-0.15, -0.1) is 0 Å². The van der Waals surface area contributed by atoms with E-state index in [1.165, 1.54) is 37.5 Å². The smallest absolute Gasteiger partial charge is 0.220 e. The zero-order valence-corrected chi connectivity index (χ0v) is 15.2. The van der Waals surface area contributed by atoms with Gasteiger partial charge in [-0.1, -0.05) is 52.2 Å². The third-order valence-electron chi connectivity index (χ3n) is 3.07. The Balaban J connectivity index is 3.25. The van der Waals surface area contributed by atoms with Crippen LogP contribution in [0.15, 0.2) is 0 Å². The molecule has 0 saturated heterocycles. The van der Waals surface area contributed by atoms with E-state index in [1.54, 1.807) is 0 Å². The van der Waals surface area contributed by atoms with Gasteiger partial charge in [0.15, 0.2) is 0 Å². The molecule has 114 valence electrons. The number of carbonyl (C=O) groups excluding carboxylic acids is 1. The van der Waals surface area contributed by atoms with Gasteiger partial charge in [-0.25, -0.2) is 0 Å². The van der Waals surface area contributed by atoms with Crippen LogP contribution in [0.5, 0.6) is 0 Å². The Morgan fingerprint density at radius 1 is 1.05 bits per heavy atom. The summed E-state index contributed by atoms with van der Waals surface area (Å²) in [5.74, 6) is 2.55. The summed E-state index contributed by atoms with van der Waals surface area (Å²) in [6, 6.07) is 1.38. The number of unbranched alkanes of at least 4 members (excludes halogenated alkanes) is 4. The van der Waals surface area contributed by atoms with Gasteiger partial charge in [0.05, 0.1) is 0 Å². The summed E-state index contributed by atoms with van der Waals surface area (Å²) in [6.45, 7) is 10.3. The lowest BCUT2D eigenvalue weighted by Crippen LogP contribution is -2.25. The fourth-order valence-electron chi connectivity index (χ4n) is 1.72. The van der Waals surface area contributed by atoms with E-state index in [4.69, 9.17) is 0 Å². The van der Waals surface area contributed by atoms with Crippen molar-refractivity contribution in [3.8, 4) is 0 Å². The minimum absolute atomic E-state index is 0.238. The van der Waals surface area contributed by atoms with E-state index in [9.17, 15) is 4.79 Å². The summed E-state index contributed by atoms with van der Waals surface area (Å²) in [5, 5.41) is 3.02. The van der Waals surface area contributed by atoms with Crippen molar-refractivity contribution in [2.45, 2.75) is 71.1 Å². The van der Waals surface area contributed by atoms with Crippen LogP contribution in [0.4, 0.5) is 0 Å². The molecule has 0 aromatic heterocycles. The molecule has 0 spiro atoms. The first-order chi connectivity index (χ1) is 8.95. The second-order valence-corrected chi connectivity index (χ2v) is 13.3. The van der Waals surface area contributed by atoms with E-state index >= 15 is 0 Å². The Hall–Kier alpha value is 0.0369. The van der Waals surface area contributed by atoms with E-state index in [2.05, 4.69) is 31.9 Å². The van der Waals surface area contributed by atoms with Crippen LogP contribution < -0.4 is 5.32 Å². The number of nitrogens with one attached hydrogen (secondary N) is 1. The number of rotatable bonds is 12. The van der Waals surface area contributed by atoms with Crippen LogP contribution >= 0.6 is 11.8 Å². The van der Waals surface area contributed by atoms with Gasteiger partial charge < -0.3 is 5.32 Å². The first-order valence-electron chi connectivity index (χ1n) is 7.80. The second-order valence-electron chi connectivity index (χ2n) is 6.44. The summed E-state index contributed by atoms with van der Waals surface area (Å²) in [6.07, 6.45) is 6.80. The lowest BCUT2D eigenvalue weighted by atomic mass is 10.1. The standard InChI is InChI=1S/C15H33NOSSi/c1-5-6-7-8-9-10-15(17)16-11-12-18-13-14-19(2,3)4/h5-14H2,1-4H3,(H,16,17). The molecule has 1 N–H and O–H groups in total. The summed E-state index contributed by atoms with van der Waals surface area (Å²) < 4.78 is 0. The lowest BCUT2D eigenvalue weighted by molar-refractivity contribution is -0.121. The zero-order valence-electron chi connectivity index (χ0n) is 13.4. The highest BCUT2D eigenvalue weighted by atomic mass is 32.2. The highest BCUT2D eigenvalue weighted by Crippen LogP contribution is 2.13. The number of thioether (sulfide) groups is 1. The molecule has 0 aliphatic heterocycles. The summed E-state index contributed by atoms with van der Waals surface area (Å²) >= 11 is 1.98. The molecule has 19 heavy (non-hydrogen) atoms. The first kappa shape index (κ1) is 19.0. The Morgan fingerprint density at radius 3 is 2.37 bits per heavy atom. The average Bonchev–Trinajstić information content (AvgIpc) is 2.32. The predicted octanol–water partition coefficient (Wildman–Crippen LogP) is 4.53. The van der Waals surface area contributed by atoms with Gasteiger partial charge in [0.25, 0.3) is 0 Å². The monoisotopic (exact) mass is 303 g/mol. The third kappa shape index (κ3) is 16.0. The number of amides is 1. The molecule has 0 fully saturated rings. The Labute approximate surface area is 125 Å². The maximum atomic E-state index is 11.6. The van der Waals surface area contributed by atoms with Crippen LogP contribution in [-0.2, 0) is 4.79 Å². The summed E-state index contributed by atoms with van der Waals surface area (Å²) in [4.78, 5) is 11.6.